The van der Waals surface area contributed by atoms with Crippen molar-refractivity contribution in [2.45, 2.75) is 25.4 Å². The van der Waals surface area contributed by atoms with Crippen molar-refractivity contribution in [3.63, 3.8) is 0 Å². The summed E-state index contributed by atoms with van der Waals surface area (Å²) in [6.45, 7) is 0. The van der Waals surface area contributed by atoms with Crippen molar-refractivity contribution in [2.24, 2.45) is 11.8 Å². The first-order valence-corrected chi connectivity index (χ1v) is 3.99. The van der Waals surface area contributed by atoms with E-state index in [0.29, 0.717) is 0 Å². The van der Waals surface area contributed by atoms with E-state index in [1.54, 1.807) is 0 Å². The van der Waals surface area contributed by atoms with Gasteiger partial charge < -0.3 is 4.74 Å². The predicted octanol–water partition coefficient (Wildman–Crippen LogP) is 2.16. The van der Waals surface area contributed by atoms with Crippen molar-refractivity contribution < 1.29 is 9.53 Å². The number of hydrogen-bond donors (Lipinski definition) is 0. The van der Waals surface area contributed by atoms with Gasteiger partial charge in [0.1, 0.15) is 6.10 Å². The molecule has 2 aliphatic carbocycles. The number of fused-ring (bicyclic) bond motifs is 1. The lowest BCUT2D eigenvalue weighted by Crippen LogP contribution is -2.11. The van der Waals surface area contributed by atoms with Gasteiger partial charge in [0.2, 0.25) is 0 Å². The van der Waals surface area contributed by atoms with Crippen LogP contribution in [0.2, 0.25) is 0 Å². The minimum absolute atomic E-state index is 0.133. The van der Waals surface area contributed by atoms with E-state index in [-0.39, 0.29) is 6.10 Å². The summed E-state index contributed by atoms with van der Waals surface area (Å²) >= 11 is 5.06. The number of carbonyl (C=O) groups is 1. The summed E-state index contributed by atoms with van der Waals surface area (Å²) in [5.41, 5.74) is -0.647. The van der Waals surface area contributed by atoms with E-state index in [2.05, 4.69) is 0 Å². The molecule has 1 unspecified atom stereocenters. The number of ether oxygens (including phenoxy) is 1. The van der Waals surface area contributed by atoms with Gasteiger partial charge in [-0.3, -0.25) is 0 Å². The van der Waals surface area contributed by atoms with Gasteiger partial charge in [0.05, 0.1) is 0 Å². The maximum atomic E-state index is 10.3. The largest absolute Gasteiger partial charge is 0.450 e. The van der Waals surface area contributed by atoms with Gasteiger partial charge in [-0.05, 0) is 31.1 Å². The molecule has 0 amide bonds. The van der Waals surface area contributed by atoms with Crippen molar-refractivity contribution in [1.82, 2.24) is 0 Å². The summed E-state index contributed by atoms with van der Waals surface area (Å²) in [5.74, 6) is 1.70. The molecule has 0 N–H and O–H groups in total. The Balaban J connectivity index is 1.80. The minimum atomic E-state index is -0.647. The van der Waals surface area contributed by atoms with Gasteiger partial charge in [-0.25, -0.2) is 4.79 Å². The van der Waals surface area contributed by atoms with Gasteiger partial charge in [-0.1, -0.05) is 0 Å². The molecule has 0 spiro atoms. The van der Waals surface area contributed by atoms with Gasteiger partial charge >= 0.3 is 5.43 Å². The number of hydrogen-bond acceptors (Lipinski definition) is 2. The van der Waals surface area contributed by atoms with Crippen molar-refractivity contribution in [2.75, 3.05) is 0 Å². The zero-order chi connectivity index (χ0) is 7.14. The van der Waals surface area contributed by atoms with Crippen LogP contribution < -0.4 is 0 Å². The molecule has 0 saturated heterocycles. The monoisotopic (exact) mass is 160 g/mol. The van der Waals surface area contributed by atoms with Gasteiger partial charge in [0.25, 0.3) is 0 Å². The maximum absolute atomic E-state index is 10.3. The van der Waals surface area contributed by atoms with E-state index in [1.807, 2.05) is 0 Å². The maximum Gasteiger partial charge on any atom is 0.404 e. The molecule has 0 aromatic rings. The average Bonchev–Trinajstić information content (AvgIpc) is 2.39. The Kier molecular flexibility index (Phi) is 1.37. The first-order valence-electron chi connectivity index (χ1n) is 3.62. The van der Waals surface area contributed by atoms with Crippen LogP contribution in [0.4, 0.5) is 4.79 Å². The lowest BCUT2D eigenvalue weighted by Gasteiger charge is -2.09. The third kappa shape index (κ3) is 1.12. The van der Waals surface area contributed by atoms with Crippen molar-refractivity contribution in [1.29, 1.82) is 0 Å². The molecule has 0 radical (unpaired) electrons. The standard InChI is InChI=1S/C7H9ClO2/c8-7(9)10-6-2-4-1-5(4)3-6/h4-6H,1-3H2/t4-,5+,6?. The Morgan fingerprint density at radius 1 is 1.30 bits per heavy atom. The van der Waals surface area contributed by atoms with Crippen LogP contribution in [0, 0.1) is 11.8 Å². The molecule has 2 aliphatic rings. The summed E-state index contributed by atoms with van der Waals surface area (Å²) < 4.78 is 4.84. The zero-order valence-electron chi connectivity index (χ0n) is 5.55. The molecular weight excluding hydrogens is 152 g/mol. The Hall–Kier alpha value is -0.240. The first kappa shape index (κ1) is 6.47. The van der Waals surface area contributed by atoms with Crippen LogP contribution in [0.3, 0.4) is 0 Å². The lowest BCUT2D eigenvalue weighted by atomic mass is 10.2. The molecule has 0 aromatic heterocycles. The van der Waals surface area contributed by atoms with E-state index >= 15 is 0 Å². The number of carbonyl (C=O) groups excluding carboxylic acids is 1. The smallest absolute Gasteiger partial charge is 0.404 e. The van der Waals surface area contributed by atoms with Gasteiger partial charge in [-0.2, -0.15) is 0 Å². The van der Waals surface area contributed by atoms with Crippen LogP contribution in [0.25, 0.3) is 0 Å². The fourth-order valence-corrected chi connectivity index (χ4v) is 2.01. The third-order valence-corrected chi connectivity index (χ3v) is 2.55. The van der Waals surface area contributed by atoms with Gasteiger partial charge in [0, 0.05) is 11.6 Å². The molecule has 0 aromatic carbocycles. The molecule has 56 valence electrons. The van der Waals surface area contributed by atoms with Crippen LogP contribution in [-0.4, -0.2) is 11.5 Å². The lowest BCUT2D eigenvalue weighted by molar-refractivity contribution is 0.117. The fourth-order valence-electron chi connectivity index (χ4n) is 1.89. The Bertz CT molecular complexity index is 159. The highest BCUT2D eigenvalue weighted by Gasteiger charge is 2.47. The number of rotatable bonds is 1. The first-order chi connectivity index (χ1) is 4.75. The SMILES string of the molecule is O=C(Cl)OC1C[C@@H]2C[C@@H]2C1. The van der Waals surface area contributed by atoms with Crippen molar-refractivity contribution in [3.8, 4) is 0 Å². The summed E-state index contributed by atoms with van der Waals surface area (Å²) in [7, 11) is 0. The second-order valence-electron chi connectivity index (χ2n) is 3.20. The molecule has 2 saturated carbocycles. The molecule has 0 heterocycles. The molecule has 0 bridgehead atoms. The number of halogens is 1. The average molecular weight is 161 g/mol. The van der Waals surface area contributed by atoms with Crippen LogP contribution >= 0.6 is 11.6 Å². The Morgan fingerprint density at radius 2 is 1.90 bits per heavy atom. The van der Waals surface area contributed by atoms with E-state index in [0.717, 1.165) is 24.7 Å². The molecule has 2 nitrogen and oxygen atoms in total. The topological polar surface area (TPSA) is 26.3 Å². The van der Waals surface area contributed by atoms with E-state index < -0.39 is 5.43 Å². The summed E-state index contributed by atoms with van der Waals surface area (Å²) in [6, 6.07) is 0. The van der Waals surface area contributed by atoms with Gasteiger partial charge in [-0.15, -0.1) is 0 Å². The van der Waals surface area contributed by atoms with E-state index in [4.69, 9.17) is 16.3 Å². The second-order valence-corrected chi connectivity index (χ2v) is 3.51. The highest BCUT2D eigenvalue weighted by atomic mass is 35.5. The predicted molar refractivity (Wildman–Crippen MR) is 37.0 cm³/mol. The fraction of sp³-hybridized carbons (Fsp3) is 0.857. The molecule has 2 fully saturated rings. The Morgan fingerprint density at radius 3 is 2.40 bits per heavy atom. The Labute approximate surface area is 64.5 Å². The van der Waals surface area contributed by atoms with E-state index in [9.17, 15) is 4.79 Å². The van der Waals surface area contributed by atoms with Crippen LogP contribution in [0.15, 0.2) is 0 Å². The molecule has 3 heteroatoms. The van der Waals surface area contributed by atoms with E-state index in [1.165, 1.54) is 6.42 Å². The van der Waals surface area contributed by atoms with Crippen LogP contribution in [0.5, 0.6) is 0 Å². The summed E-state index contributed by atoms with van der Waals surface area (Å²) in [5, 5.41) is 0. The molecular formula is C7H9ClO2. The minimum Gasteiger partial charge on any atom is -0.450 e. The molecule has 0 aliphatic heterocycles. The quantitative estimate of drug-likeness (QED) is 0.550. The van der Waals surface area contributed by atoms with Crippen LogP contribution in [-0.2, 0) is 4.74 Å². The third-order valence-electron chi connectivity index (χ3n) is 2.46. The van der Waals surface area contributed by atoms with Crippen LogP contribution in [0.1, 0.15) is 19.3 Å². The van der Waals surface area contributed by atoms with Crippen molar-refractivity contribution in [3.05, 3.63) is 0 Å². The molecule has 10 heavy (non-hydrogen) atoms. The highest BCUT2D eigenvalue weighted by molar-refractivity contribution is 6.61. The second kappa shape index (κ2) is 2.12. The van der Waals surface area contributed by atoms with Crippen molar-refractivity contribution >= 4 is 17.0 Å². The molecule has 2 rings (SSSR count). The normalized spacial score (nSPS) is 42.7. The van der Waals surface area contributed by atoms with Gasteiger partial charge in [0.15, 0.2) is 0 Å². The zero-order valence-corrected chi connectivity index (χ0v) is 6.30. The summed E-state index contributed by atoms with van der Waals surface area (Å²) in [4.78, 5) is 10.3. The summed E-state index contributed by atoms with van der Waals surface area (Å²) in [6.07, 6.45) is 3.57. The highest BCUT2D eigenvalue weighted by Crippen LogP contribution is 2.52. The molecule has 3 atom stereocenters.